The molecule has 10 heteroatoms. The van der Waals surface area contributed by atoms with Crippen LogP contribution in [-0.2, 0) is 13.1 Å². The summed E-state index contributed by atoms with van der Waals surface area (Å²) in [4.78, 5) is 36.5. The smallest absolute Gasteiger partial charge is 0.262 e. The largest absolute Gasteiger partial charge is 0.326 e. The van der Waals surface area contributed by atoms with Gasteiger partial charge in [-0.1, -0.05) is 24.3 Å². The molecule has 0 unspecified atom stereocenters. The normalized spacial score (nSPS) is 11.2. The second-order valence-electron chi connectivity index (χ2n) is 9.08. The summed E-state index contributed by atoms with van der Waals surface area (Å²) in [5, 5.41) is 7.04. The van der Waals surface area contributed by atoms with Crippen LogP contribution in [0.3, 0.4) is 0 Å². The van der Waals surface area contributed by atoms with E-state index in [-0.39, 0.29) is 36.1 Å². The predicted molar refractivity (Wildman–Crippen MR) is 151 cm³/mol. The van der Waals surface area contributed by atoms with Crippen molar-refractivity contribution in [3.8, 4) is 0 Å². The van der Waals surface area contributed by atoms with Crippen molar-refractivity contribution in [1.82, 2.24) is 19.1 Å². The first kappa shape index (κ1) is 24.9. The zero-order chi connectivity index (χ0) is 27.6. The molecule has 2 N–H and O–H groups in total. The number of nitrogens with one attached hydrogen (secondary N) is 2. The van der Waals surface area contributed by atoms with Gasteiger partial charge in [-0.25, -0.2) is 18.7 Å². The van der Waals surface area contributed by atoms with Crippen molar-refractivity contribution in [2.45, 2.75) is 13.1 Å². The summed E-state index contributed by atoms with van der Waals surface area (Å²) in [6.07, 6.45) is 0. The molecule has 6 aromatic rings. The Labute approximate surface area is 226 Å². The zero-order valence-corrected chi connectivity index (χ0v) is 21.0. The van der Waals surface area contributed by atoms with E-state index in [2.05, 4.69) is 20.6 Å². The van der Waals surface area contributed by atoms with Gasteiger partial charge in [0.25, 0.3) is 11.1 Å². The molecule has 40 heavy (non-hydrogen) atoms. The van der Waals surface area contributed by atoms with Crippen LogP contribution in [0.5, 0.6) is 0 Å². The lowest BCUT2D eigenvalue weighted by molar-refractivity contribution is 0.558. The molecule has 8 nitrogen and oxygen atoms in total. The van der Waals surface area contributed by atoms with Crippen LogP contribution in [0.15, 0.2) is 107 Å². The van der Waals surface area contributed by atoms with Crippen LogP contribution in [0.25, 0.3) is 21.8 Å². The summed E-state index contributed by atoms with van der Waals surface area (Å²) in [6.45, 7) is 0.135. The van der Waals surface area contributed by atoms with Crippen LogP contribution in [0.4, 0.5) is 32.1 Å². The third-order valence-corrected chi connectivity index (χ3v) is 6.47. The molecule has 0 saturated carbocycles. The maximum absolute atomic E-state index is 13.6. The van der Waals surface area contributed by atoms with E-state index >= 15 is 0 Å². The maximum atomic E-state index is 13.6. The Morgan fingerprint density at radius 3 is 1.32 bits per heavy atom. The van der Waals surface area contributed by atoms with Gasteiger partial charge in [0.2, 0.25) is 11.9 Å². The summed E-state index contributed by atoms with van der Waals surface area (Å²) >= 11 is 0. The molecule has 6 rings (SSSR count). The van der Waals surface area contributed by atoms with Crippen LogP contribution >= 0.6 is 0 Å². The summed E-state index contributed by atoms with van der Waals surface area (Å²) in [5.41, 5.74) is 1.48. The third-order valence-electron chi connectivity index (χ3n) is 6.47. The van der Waals surface area contributed by atoms with E-state index in [0.717, 1.165) is 0 Å². The Kier molecular flexibility index (Phi) is 6.49. The fraction of sp³-hybridized carbons (Fsp3) is 0.0667. The second kappa shape index (κ2) is 10.4. The van der Waals surface area contributed by atoms with Crippen molar-refractivity contribution >= 4 is 45.1 Å². The van der Waals surface area contributed by atoms with E-state index in [1.165, 1.54) is 33.4 Å². The lowest BCUT2D eigenvalue weighted by atomic mass is 10.2. The molecule has 0 radical (unpaired) electrons. The molecular formula is C30H22F2N6O2. The number of fused-ring (bicyclic) bond motifs is 2. The first-order valence-electron chi connectivity index (χ1n) is 12.5. The summed E-state index contributed by atoms with van der Waals surface area (Å²) in [5.74, 6) is -0.298. The van der Waals surface area contributed by atoms with E-state index < -0.39 is 11.6 Å². The van der Waals surface area contributed by atoms with Gasteiger partial charge in [-0.05, 0) is 72.8 Å². The van der Waals surface area contributed by atoms with Gasteiger partial charge in [-0.3, -0.25) is 18.7 Å². The van der Waals surface area contributed by atoms with Crippen LogP contribution < -0.4 is 21.8 Å². The van der Waals surface area contributed by atoms with Gasteiger partial charge in [0, 0.05) is 24.5 Å². The topological polar surface area (TPSA) is 93.8 Å². The number of hydrogen-bond donors (Lipinski definition) is 2. The quantitative estimate of drug-likeness (QED) is 0.277. The number of rotatable bonds is 7. The van der Waals surface area contributed by atoms with Crippen LogP contribution in [0.1, 0.15) is 0 Å². The minimum Gasteiger partial charge on any atom is -0.326 e. The van der Waals surface area contributed by atoms with Crippen LogP contribution in [0.2, 0.25) is 0 Å². The lowest BCUT2D eigenvalue weighted by Gasteiger charge is -2.18. The highest BCUT2D eigenvalue weighted by molar-refractivity contribution is 5.80. The van der Waals surface area contributed by atoms with Gasteiger partial charge >= 0.3 is 0 Å². The molecule has 4 aromatic carbocycles. The number of halogens is 2. The van der Waals surface area contributed by atoms with Gasteiger partial charge in [0.1, 0.15) is 11.6 Å². The van der Waals surface area contributed by atoms with Crippen molar-refractivity contribution in [1.29, 1.82) is 0 Å². The Balaban J connectivity index is 1.43. The molecule has 0 saturated heterocycles. The predicted octanol–water partition coefficient (Wildman–Crippen LogP) is 5.57. The monoisotopic (exact) mass is 536 g/mol. The molecule has 0 aliphatic rings. The summed E-state index contributed by atoms with van der Waals surface area (Å²) in [7, 11) is 0. The zero-order valence-electron chi connectivity index (χ0n) is 21.0. The van der Waals surface area contributed by atoms with Crippen molar-refractivity contribution in [3.63, 3.8) is 0 Å². The van der Waals surface area contributed by atoms with Gasteiger partial charge in [0.05, 0.1) is 21.8 Å². The molecule has 198 valence electrons. The van der Waals surface area contributed by atoms with Crippen molar-refractivity contribution in [2.75, 3.05) is 10.6 Å². The molecule has 2 aromatic heterocycles. The van der Waals surface area contributed by atoms with E-state index in [1.54, 1.807) is 72.8 Å². The highest BCUT2D eigenvalue weighted by atomic mass is 19.1. The van der Waals surface area contributed by atoms with Gasteiger partial charge in [0.15, 0.2) is 0 Å². The number of hydrogen-bond acceptors (Lipinski definition) is 6. The van der Waals surface area contributed by atoms with E-state index in [0.29, 0.717) is 33.2 Å². The molecule has 0 fully saturated rings. The summed E-state index contributed by atoms with van der Waals surface area (Å²) < 4.78 is 29.9. The highest BCUT2D eigenvalue weighted by Crippen LogP contribution is 2.20. The number of anilines is 4. The molecule has 0 atom stereocenters. The third kappa shape index (κ3) is 4.90. The molecule has 2 heterocycles. The SMILES string of the molecule is O=c1c2ccccc2nc(Nc2ccc(F)cc2)n1CCn1c(Nc2ccc(F)cc2)nc2ccccc2c1=O. The van der Waals surface area contributed by atoms with Gasteiger partial charge in [-0.15, -0.1) is 0 Å². The highest BCUT2D eigenvalue weighted by Gasteiger charge is 2.15. The average molecular weight is 537 g/mol. The molecular weight excluding hydrogens is 514 g/mol. The average Bonchev–Trinajstić information content (AvgIpc) is 2.96. The number of aromatic nitrogens is 4. The fourth-order valence-electron chi connectivity index (χ4n) is 4.47. The van der Waals surface area contributed by atoms with E-state index in [4.69, 9.17) is 0 Å². The van der Waals surface area contributed by atoms with Gasteiger partial charge in [-0.2, -0.15) is 0 Å². The summed E-state index contributed by atoms with van der Waals surface area (Å²) in [6, 6.07) is 25.3. The van der Waals surface area contributed by atoms with Crippen LogP contribution in [0, 0.1) is 11.6 Å². The Hall–Kier alpha value is -5.38. The van der Waals surface area contributed by atoms with Crippen molar-refractivity contribution in [3.05, 3.63) is 129 Å². The van der Waals surface area contributed by atoms with E-state index in [9.17, 15) is 18.4 Å². The van der Waals surface area contributed by atoms with E-state index in [1.807, 2.05) is 0 Å². The standard InChI is InChI=1S/C30H22F2N6O2/c31-19-9-13-21(14-10-19)33-29-35-25-7-3-1-5-23(25)27(39)37(29)17-18-38-28(40)24-6-2-4-8-26(24)36-30(38)34-22-15-11-20(32)12-16-22/h1-16H,17-18H2,(H,33,35)(H,34,36). The molecule has 0 aliphatic heterocycles. The number of benzene rings is 4. The number of para-hydroxylation sites is 2. The molecule has 0 bridgehead atoms. The van der Waals surface area contributed by atoms with Crippen molar-refractivity contribution in [2.24, 2.45) is 0 Å². The Morgan fingerprint density at radius 1 is 0.550 bits per heavy atom. The van der Waals surface area contributed by atoms with Crippen molar-refractivity contribution < 1.29 is 8.78 Å². The molecule has 0 spiro atoms. The lowest BCUT2D eigenvalue weighted by Crippen LogP contribution is -2.30. The second-order valence-corrected chi connectivity index (χ2v) is 9.08. The minimum atomic E-state index is -0.390. The van der Waals surface area contributed by atoms with Gasteiger partial charge < -0.3 is 10.6 Å². The fourth-order valence-corrected chi connectivity index (χ4v) is 4.47. The Bertz CT molecular complexity index is 1820. The minimum absolute atomic E-state index is 0.0677. The van der Waals surface area contributed by atoms with Crippen LogP contribution in [-0.4, -0.2) is 19.1 Å². The Morgan fingerprint density at radius 2 is 0.925 bits per heavy atom. The number of nitrogens with zero attached hydrogens (tertiary/aromatic N) is 4. The molecule has 0 aliphatic carbocycles. The first-order chi connectivity index (χ1) is 19.5. The maximum Gasteiger partial charge on any atom is 0.262 e. The first-order valence-corrected chi connectivity index (χ1v) is 12.5. The molecule has 0 amide bonds.